The maximum absolute atomic E-state index is 14.6. The monoisotopic (exact) mass is 481 g/mol. The molecule has 3 aromatic rings. The van der Waals surface area contributed by atoms with Crippen molar-refractivity contribution in [3.05, 3.63) is 48.3 Å². The predicted octanol–water partition coefficient (Wildman–Crippen LogP) is 2.03. The van der Waals surface area contributed by atoms with Crippen LogP contribution in [-0.2, 0) is 11.2 Å². The van der Waals surface area contributed by atoms with E-state index in [1.54, 1.807) is 18.5 Å². The highest BCUT2D eigenvalue weighted by molar-refractivity contribution is 5.83. The van der Waals surface area contributed by atoms with E-state index < -0.39 is 11.5 Å². The molecule has 2 aromatic heterocycles. The molecule has 2 atom stereocenters. The van der Waals surface area contributed by atoms with E-state index in [0.717, 1.165) is 13.1 Å². The van der Waals surface area contributed by atoms with Crippen LogP contribution in [0, 0.1) is 11.2 Å². The second kappa shape index (κ2) is 9.50. The number of fused-ring (bicyclic) bond motifs is 1. The largest absolute Gasteiger partial charge is 0.391 e. The van der Waals surface area contributed by atoms with E-state index in [1.807, 2.05) is 15.5 Å². The summed E-state index contributed by atoms with van der Waals surface area (Å²) >= 11 is 0. The fourth-order valence-electron chi connectivity index (χ4n) is 5.57. The summed E-state index contributed by atoms with van der Waals surface area (Å²) in [4.78, 5) is 30.8. The maximum atomic E-state index is 14.6. The van der Waals surface area contributed by atoms with Crippen LogP contribution in [0.25, 0.3) is 11.2 Å². The quantitative estimate of drug-likeness (QED) is 0.586. The molecule has 2 saturated heterocycles. The van der Waals surface area contributed by atoms with Crippen LogP contribution >= 0.6 is 0 Å². The number of nitrogens with zero attached hydrogens (tertiary/aromatic N) is 6. The van der Waals surface area contributed by atoms with Gasteiger partial charge in [-0.15, -0.1) is 0 Å². The predicted molar refractivity (Wildman–Crippen MR) is 130 cm³/mol. The summed E-state index contributed by atoms with van der Waals surface area (Å²) in [6.45, 7) is 2.54. The van der Waals surface area contributed by atoms with Crippen molar-refractivity contribution >= 4 is 22.9 Å². The van der Waals surface area contributed by atoms with Gasteiger partial charge in [0.1, 0.15) is 17.7 Å². The van der Waals surface area contributed by atoms with Crippen molar-refractivity contribution in [2.24, 2.45) is 5.41 Å². The fraction of sp³-hybridized carbons (Fsp3) is 0.520. The molecule has 3 N–H and O–H groups in total. The van der Waals surface area contributed by atoms with E-state index in [-0.39, 0.29) is 17.8 Å². The normalized spacial score (nSPS) is 23.3. The molecule has 9 nitrogen and oxygen atoms in total. The van der Waals surface area contributed by atoms with Crippen LogP contribution in [-0.4, -0.2) is 79.7 Å². The van der Waals surface area contributed by atoms with E-state index >= 15 is 0 Å². The minimum atomic E-state index is -0.665. The van der Waals surface area contributed by atoms with Crippen molar-refractivity contribution in [1.82, 2.24) is 29.3 Å². The van der Waals surface area contributed by atoms with E-state index in [4.69, 9.17) is 5.73 Å². The molecule has 0 bridgehead atoms. The van der Waals surface area contributed by atoms with Gasteiger partial charge in [-0.05, 0) is 63.9 Å². The number of hydrogen-bond acceptors (Lipinski definition) is 7. The Morgan fingerprint density at radius 3 is 2.66 bits per heavy atom. The first-order chi connectivity index (χ1) is 16.9. The first kappa shape index (κ1) is 23.6. The standard InChI is InChI=1S/C25H32FN7O2/c1-31-12-8-25(9-13-31,14-17-4-2-3-5-18(17)26)24(35)32-10-6-19(20(34)7-11-32)33-16-30-21-22(27)28-15-29-23(21)33/h2-5,15-16,19-20,34H,6-14H2,1H3,(H2,27,28,29)/t19-,20-/m0/s1. The molecule has 186 valence electrons. The SMILES string of the molecule is CN1CCC(Cc2ccccc2F)(C(=O)N2CC[C@H](O)[C@@H](n3cnc4c(N)ncnc43)CC2)CC1. The van der Waals surface area contributed by atoms with Gasteiger partial charge in [0.05, 0.1) is 23.9 Å². The number of likely N-dealkylation sites (tertiary alicyclic amines) is 2. The van der Waals surface area contributed by atoms with Gasteiger partial charge >= 0.3 is 0 Å². The molecule has 2 fully saturated rings. The van der Waals surface area contributed by atoms with Gasteiger partial charge in [-0.25, -0.2) is 19.3 Å². The van der Waals surface area contributed by atoms with Crippen molar-refractivity contribution in [2.45, 2.75) is 44.2 Å². The topological polar surface area (TPSA) is 113 Å². The minimum Gasteiger partial charge on any atom is -0.391 e. The Labute approximate surface area is 203 Å². The first-order valence-electron chi connectivity index (χ1n) is 12.2. The van der Waals surface area contributed by atoms with E-state index in [2.05, 4.69) is 26.9 Å². The number of nitrogens with two attached hydrogens (primary N) is 1. The zero-order valence-corrected chi connectivity index (χ0v) is 20.0. The van der Waals surface area contributed by atoms with Gasteiger partial charge in [-0.1, -0.05) is 18.2 Å². The number of aliphatic hydroxyl groups excluding tert-OH is 1. The molecule has 0 radical (unpaired) electrons. The zero-order chi connectivity index (χ0) is 24.6. The number of amides is 1. The summed E-state index contributed by atoms with van der Waals surface area (Å²) in [7, 11) is 2.05. The van der Waals surface area contributed by atoms with Crippen LogP contribution < -0.4 is 5.73 Å². The lowest BCUT2D eigenvalue weighted by molar-refractivity contribution is -0.145. The number of carbonyl (C=O) groups is 1. The number of aromatic nitrogens is 4. The third-order valence-electron chi connectivity index (χ3n) is 7.75. The molecule has 2 aliphatic heterocycles. The summed E-state index contributed by atoms with van der Waals surface area (Å²) in [6, 6.07) is 6.46. The lowest BCUT2D eigenvalue weighted by Gasteiger charge is -2.42. The smallest absolute Gasteiger partial charge is 0.229 e. The average molecular weight is 482 g/mol. The Morgan fingerprint density at radius 1 is 1.14 bits per heavy atom. The van der Waals surface area contributed by atoms with Crippen molar-refractivity contribution in [2.75, 3.05) is 39.0 Å². The van der Waals surface area contributed by atoms with Gasteiger partial charge in [0.15, 0.2) is 11.5 Å². The number of rotatable bonds is 4. The summed E-state index contributed by atoms with van der Waals surface area (Å²) in [5.74, 6) is 0.0907. The number of imidazole rings is 1. The number of piperidine rings is 1. The van der Waals surface area contributed by atoms with Crippen LogP contribution in [0.4, 0.5) is 10.2 Å². The van der Waals surface area contributed by atoms with Crippen LogP contribution in [0.1, 0.15) is 37.3 Å². The highest BCUT2D eigenvalue weighted by Gasteiger charge is 2.44. The summed E-state index contributed by atoms with van der Waals surface area (Å²) in [6.07, 6.45) is 5.10. The van der Waals surface area contributed by atoms with E-state index in [1.165, 1.54) is 12.4 Å². The Bertz CT molecular complexity index is 1210. The molecule has 1 aromatic carbocycles. The molecule has 4 heterocycles. The number of benzene rings is 1. The number of carbonyl (C=O) groups excluding carboxylic acids is 1. The number of halogens is 1. The molecular formula is C25H32FN7O2. The average Bonchev–Trinajstić information content (AvgIpc) is 3.19. The molecule has 0 unspecified atom stereocenters. The van der Waals surface area contributed by atoms with Crippen LogP contribution in [0.5, 0.6) is 0 Å². The number of aliphatic hydroxyl groups is 1. The van der Waals surface area contributed by atoms with Gasteiger partial charge in [-0.3, -0.25) is 4.79 Å². The third-order valence-corrected chi connectivity index (χ3v) is 7.75. The van der Waals surface area contributed by atoms with Crippen LogP contribution in [0.3, 0.4) is 0 Å². The Hall–Kier alpha value is -3.11. The summed E-state index contributed by atoms with van der Waals surface area (Å²) < 4.78 is 16.4. The Balaban J connectivity index is 1.39. The second-order valence-electron chi connectivity index (χ2n) is 9.94. The van der Waals surface area contributed by atoms with Gasteiger partial charge in [0.25, 0.3) is 0 Å². The molecule has 1 amide bonds. The zero-order valence-electron chi connectivity index (χ0n) is 20.0. The lowest BCUT2D eigenvalue weighted by atomic mass is 9.72. The Kier molecular flexibility index (Phi) is 6.41. The van der Waals surface area contributed by atoms with Crippen LogP contribution in [0.2, 0.25) is 0 Å². The maximum Gasteiger partial charge on any atom is 0.229 e. The van der Waals surface area contributed by atoms with E-state index in [9.17, 15) is 14.3 Å². The van der Waals surface area contributed by atoms with Crippen molar-refractivity contribution in [3.63, 3.8) is 0 Å². The molecule has 0 spiro atoms. The summed E-state index contributed by atoms with van der Waals surface area (Å²) in [5, 5.41) is 11.0. The number of hydrogen-bond donors (Lipinski definition) is 2. The molecule has 0 aliphatic carbocycles. The van der Waals surface area contributed by atoms with Crippen molar-refractivity contribution in [3.8, 4) is 0 Å². The van der Waals surface area contributed by atoms with Gasteiger partial charge in [0.2, 0.25) is 5.91 Å². The van der Waals surface area contributed by atoms with Crippen molar-refractivity contribution in [1.29, 1.82) is 0 Å². The van der Waals surface area contributed by atoms with Gasteiger partial charge < -0.3 is 25.2 Å². The van der Waals surface area contributed by atoms with Crippen LogP contribution in [0.15, 0.2) is 36.9 Å². The number of anilines is 1. The molecule has 10 heteroatoms. The third kappa shape index (κ3) is 4.48. The molecule has 5 rings (SSSR count). The minimum absolute atomic E-state index is 0.0590. The highest BCUT2D eigenvalue weighted by atomic mass is 19.1. The highest BCUT2D eigenvalue weighted by Crippen LogP contribution is 2.39. The molecule has 0 saturated carbocycles. The fourth-order valence-corrected chi connectivity index (χ4v) is 5.57. The van der Waals surface area contributed by atoms with E-state index in [0.29, 0.717) is 67.7 Å². The number of nitrogen functional groups attached to an aromatic ring is 1. The Morgan fingerprint density at radius 2 is 1.89 bits per heavy atom. The first-order valence-corrected chi connectivity index (χ1v) is 12.2. The van der Waals surface area contributed by atoms with Gasteiger partial charge in [0, 0.05) is 13.1 Å². The molecule has 2 aliphatic rings. The lowest BCUT2D eigenvalue weighted by Crippen LogP contribution is -2.51. The second-order valence-corrected chi connectivity index (χ2v) is 9.94. The molecular weight excluding hydrogens is 449 g/mol. The molecule has 35 heavy (non-hydrogen) atoms. The van der Waals surface area contributed by atoms with Crippen molar-refractivity contribution < 1.29 is 14.3 Å². The summed E-state index contributed by atoms with van der Waals surface area (Å²) in [5.41, 5.74) is 6.95. The van der Waals surface area contributed by atoms with Gasteiger partial charge in [-0.2, -0.15) is 0 Å².